The number of piperazine rings is 1. The van der Waals surface area contributed by atoms with Crippen LogP contribution in [0.5, 0.6) is 5.75 Å². The van der Waals surface area contributed by atoms with Crippen molar-refractivity contribution in [3.63, 3.8) is 0 Å². The zero-order chi connectivity index (χ0) is 31.4. The molecule has 0 spiro atoms. The fraction of sp³-hybridized carbons (Fsp3) is 0.448. The molecule has 2 aromatic carbocycles. The zero-order valence-corrected chi connectivity index (χ0v) is 26.8. The Morgan fingerprint density at radius 3 is 2.37 bits per heavy atom. The van der Waals surface area contributed by atoms with Gasteiger partial charge in [0, 0.05) is 53.8 Å². The standard InChI is InChI=1S/C29H34F3N3O5S3/c1-5-39-28(36)20(3)40-25-11-10-23(16-19(25)2)41-18-26-24(17-34-12-14-35(15-13-34)43(4,37)38)33-27(42-26)21-6-8-22(9-7-21)29(30,31)32/h6-11,16,20H,5,12-15,17-18H2,1-4H3. The Kier molecular flexibility index (Phi) is 10.8. The smallest absolute Gasteiger partial charge is 0.416 e. The summed E-state index contributed by atoms with van der Waals surface area (Å²) in [5, 5.41) is 0.627. The van der Waals surface area contributed by atoms with Crippen LogP contribution in [-0.2, 0) is 38.0 Å². The van der Waals surface area contributed by atoms with Gasteiger partial charge in [-0.15, -0.1) is 23.1 Å². The molecule has 234 valence electrons. The average Bonchev–Trinajstić information content (AvgIpc) is 3.35. The van der Waals surface area contributed by atoms with Crippen LogP contribution in [0, 0.1) is 6.92 Å². The first-order chi connectivity index (χ1) is 20.2. The second kappa shape index (κ2) is 14.0. The monoisotopic (exact) mass is 657 g/mol. The first-order valence-corrected chi connectivity index (χ1v) is 17.3. The Morgan fingerprint density at radius 1 is 1.12 bits per heavy atom. The molecule has 14 heteroatoms. The van der Waals surface area contributed by atoms with Crippen molar-refractivity contribution in [1.29, 1.82) is 0 Å². The number of rotatable bonds is 11. The molecule has 1 unspecified atom stereocenters. The number of hydrogen-bond donors (Lipinski definition) is 0. The lowest BCUT2D eigenvalue weighted by Crippen LogP contribution is -2.47. The topological polar surface area (TPSA) is 89.0 Å². The number of sulfonamides is 1. The number of esters is 1. The first-order valence-electron chi connectivity index (χ1n) is 13.6. The summed E-state index contributed by atoms with van der Waals surface area (Å²) < 4.78 is 75.4. The second-order valence-electron chi connectivity index (χ2n) is 10.1. The van der Waals surface area contributed by atoms with Gasteiger partial charge in [-0.3, -0.25) is 4.90 Å². The number of aryl methyl sites for hydroxylation is 1. The molecule has 8 nitrogen and oxygen atoms in total. The molecular formula is C29H34F3N3O5S3. The van der Waals surface area contributed by atoms with Crippen LogP contribution in [0.4, 0.5) is 13.2 Å². The van der Waals surface area contributed by atoms with Crippen LogP contribution in [0.2, 0.25) is 0 Å². The molecule has 0 radical (unpaired) electrons. The number of thiazole rings is 1. The summed E-state index contributed by atoms with van der Waals surface area (Å²) in [6.45, 7) is 7.94. The minimum Gasteiger partial charge on any atom is -0.479 e. The van der Waals surface area contributed by atoms with Gasteiger partial charge in [-0.05, 0) is 56.7 Å². The van der Waals surface area contributed by atoms with Crippen molar-refractivity contribution in [2.45, 2.75) is 50.2 Å². The van der Waals surface area contributed by atoms with Crippen LogP contribution in [0.15, 0.2) is 47.4 Å². The summed E-state index contributed by atoms with van der Waals surface area (Å²) in [4.78, 5) is 20.9. The molecule has 1 aliphatic rings. The van der Waals surface area contributed by atoms with Gasteiger partial charge in [-0.1, -0.05) is 12.1 Å². The quantitative estimate of drug-likeness (QED) is 0.188. The molecule has 1 fully saturated rings. The molecule has 4 rings (SSSR count). The van der Waals surface area contributed by atoms with Crippen molar-refractivity contribution < 1.29 is 35.9 Å². The van der Waals surface area contributed by atoms with E-state index in [0.29, 0.717) is 54.8 Å². The molecule has 0 aliphatic carbocycles. The van der Waals surface area contributed by atoms with Gasteiger partial charge in [0.2, 0.25) is 10.0 Å². The summed E-state index contributed by atoms with van der Waals surface area (Å²) in [6.07, 6.45) is -3.95. The first kappa shape index (κ1) is 33.2. The molecule has 0 saturated carbocycles. The number of nitrogens with zero attached hydrogens (tertiary/aromatic N) is 3. The van der Waals surface area contributed by atoms with Crippen molar-refractivity contribution in [1.82, 2.24) is 14.2 Å². The van der Waals surface area contributed by atoms with E-state index >= 15 is 0 Å². The van der Waals surface area contributed by atoms with Crippen molar-refractivity contribution >= 4 is 39.1 Å². The number of ether oxygens (including phenoxy) is 2. The van der Waals surface area contributed by atoms with Gasteiger partial charge in [-0.2, -0.15) is 17.5 Å². The molecule has 1 aromatic heterocycles. The van der Waals surface area contributed by atoms with E-state index < -0.39 is 33.8 Å². The summed E-state index contributed by atoms with van der Waals surface area (Å²) in [6, 6.07) is 10.7. The molecule has 0 amide bonds. The molecule has 0 N–H and O–H groups in total. The van der Waals surface area contributed by atoms with Crippen molar-refractivity contribution in [3.05, 3.63) is 64.2 Å². The van der Waals surface area contributed by atoms with Gasteiger partial charge in [-0.25, -0.2) is 18.2 Å². The summed E-state index contributed by atoms with van der Waals surface area (Å²) >= 11 is 3.03. The summed E-state index contributed by atoms with van der Waals surface area (Å²) in [5.74, 6) is 0.733. The van der Waals surface area contributed by atoms with Crippen LogP contribution in [-0.4, -0.2) is 73.7 Å². The SMILES string of the molecule is CCOC(=O)C(C)Oc1ccc(SCc2sc(-c3ccc(C(F)(F)F)cc3)nc2CN2CCN(S(C)(=O)=O)CC2)cc1C. The third-order valence-electron chi connectivity index (χ3n) is 6.85. The number of carbonyl (C=O) groups is 1. The number of carbonyl (C=O) groups excluding carboxylic acids is 1. The third-order valence-corrected chi connectivity index (χ3v) is 10.5. The fourth-order valence-corrected chi connectivity index (χ4v) is 7.47. The van der Waals surface area contributed by atoms with Crippen LogP contribution in [0.3, 0.4) is 0 Å². The highest BCUT2D eigenvalue weighted by molar-refractivity contribution is 7.98. The van der Waals surface area contributed by atoms with Gasteiger partial charge in [0.25, 0.3) is 0 Å². The Hall–Kier alpha value is -2.65. The predicted molar refractivity (Wildman–Crippen MR) is 162 cm³/mol. The molecule has 1 saturated heterocycles. The minimum absolute atomic E-state index is 0.276. The van der Waals surface area contributed by atoms with Crippen molar-refractivity contribution in [2.24, 2.45) is 0 Å². The highest BCUT2D eigenvalue weighted by atomic mass is 32.2. The highest BCUT2D eigenvalue weighted by Crippen LogP contribution is 2.36. The van der Waals surface area contributed by atoms with Gasteiger partial charge < -0.3 is 9.47 Å². The van der Waals surface area contributed by atoms with E-state index in [1.165, 1.54) is 34.0 Å². The molecule has 0 bridgehead atoms. The molecule has 1 atom stereocenters. The lowest BCUT2D eigenvalue weighted by molar-refractivity contribution is -0.150. The van der Waals surface area contributed by atoms with E-state index in [-0.39, 0.29) is 6.61 Å². The lowest BCUT2D eigenvalue weighted by Gasteiger charge is -2.32. The van der Waals surface area contributed by atoms with E-state index in [0.717, 1.165) is 33.2 Å². The summed E-state index contributed by atoms with van der Waals surface area (Å²) in [5.41, 5.74) is 1.57. The van der Waals surface area contributed by atoms with Gasteiger partial charge >= 0.3 is 12.1 Å². The van der Waals surface area contributed by atoms with Crippen LogP contribution < -0.4 is 4.74 Å². The Balaban J connectivity index is 1.51. The van der Waals surface area contributed by atoms with E-state index in [4.69, 9.17) is 14.5 Å². The van der Waals surface area contributed by atoms with Crippen LogP contribution >= 0.6 is 23.1 Å². The predicted octanol–water partition coefficient (Wildman–Crippen LogP) is 5.84. The van der Waals surface area contributed by atoms with Gasteiger partial charge in [0.15, 0.2) is 6.10 Å². The van der Waals surface area contributed by atoms with Crippen LogP contribution in [0.1, 0.15) is 35.5 Å². The number of hydrogen-bond acceptors (Lipinski definition) is 9. The third kappa shape index (κ3) is 8.94. The molecule has 1 aliphatic heterocycles. The van der Waals surface area contributed by atoms with E-state index in [2.05, 4.69) is 4.90 Å². The Bertz CT molecular complexity index is 1520. The lowest BCUT2D eigenvalue weighted by atomic mass is 10.1. The van der Waals surface area contributed by atoms with Crippen molar-refractivity contribution in [2.75, 3.05) is 39.0 Å². The van der Waals surface area contributed by atoms with Crippen LogP contribution in [0.25, 0.3) is 10.6 Å². The van der Waals surface area contributed by atoms with E-state index in [9.17, 15) is 26.4 Å². The maximum atomic E-state index is 13.1. The number of alkyl halides is 3. The maximum absolute atomic E-state index is 13.1. The number of benzene rings is 2. The minimum atomic E-state index is -4.42. The van der Waals surface area contributed by atoms with E-state index in [1.54, 1.807) is 25.6 Å². The number of thioether (sulfide) groups is 1. The Morgan fingerprint density at radius 2 is 1.79 bits per heavy atom. The largest absolute Gasteiger partial charge is 0.479 e. The zero-order valence-electron chi connectivity index (χ0n) is 24.3. The van der Waals surface area contributed by atoms with Gasteiger partial charge in [0.1, 0.15) is 10.8 Å². The molecule has 2 heterocycles. The molecule has 3 aromatic rings. The van der Waals surface area contributed by atoms with E-state index in [1.807, 2.05) is 25.1 Å². The number of halogens is 3. The number of aromatic nitrogens is 1. The Labute approximate surface area is 258 Å². The molecule has 43 heavy (non-hydrogen) atoms. The maximum Gasteiger partial charge on any atom is 0.416 e. The molecular weight excluding hydrogens is 624 g/mol. The highest BCUT2D eigenvalue weighted by Gasteiger charge is 2.30. The fourth-order valence-electron chi connectivity index (χ4n) is 4.47. The van der Waals surface area contributed by atoms with Gasteiger partial charge in [0.05, 0.1) is 24.1 Å². The normalized spacial score (nSPS) is 15.8. The average molecular weight is 658 g/mol. The second-order valence-corrected chi connectivity index (χ2v) is 14.2. The van der Waals surface area contributed by atoms with Crippen molar-refractivity contribution in [3.8, 4) is 16.3 Å². The summed E-state index contributed by atoms with van der Waals surface area (Å²) in [7, 11) is -3.26.